The van der Waals surface area contributed by atoms with Crippen LogP contribution in [0.2, 0.25) is 0 Å². The third-order valence-electron chi connectivity index (χ3n) is 5.07. The van der Waals surface area contributed by atoms with Gasteiger partial charge in [0, 0.05) is 25.0 Å². The highest BCUT2D eigenvalue weighted by Gasteiger charge is 2.17. The van der Waals surface area contributed by atoms with Gasteiger partial charge in [0.05, 0.1) is 24.1 Å². The third-order valence-corrected chi connectivity index (χ3v) is 5.07. The molecule has 0 N–H and O–H groups in total. The van der Waals surface area contributed by atoms with Crippen LogP contribution in [-0.4, -0.2) is 24.1 Å². The summed E-state index contributed by atoms with van der Waals surface area (Å²) in [6.07, 6.45) is 18.6. The number of nitro benzene ring substituents is 1. The SMILES string of the molecule is C#CCC(CC#C)C(=O)OCCCCCCOc1ccc(/C=C/c2ccc([N+](=O)[O-])cc2)cc1. The molecule has 0 atom stereocenters. The van der Waals surface area contributed by atoms with E-state index < -0.39 is 10.8 Å². The van der Waals surface area contributed by atoms with E-state index in [9.17, 15) is 14.9 Å². The topological polar surface area (TPSA) is 78.7 Å². The lowest BCUT2D eigenvalue weighted by atomic mass is 10.0. The number of nitro groups is 1. The van der Waals surface area contributed by atoms with Crippen molar-refractivity contribution in [3.63, 3.8) is 0 Å². The second kappa shape index (κ2) is 14.9. The first-order valence-corrected chi connectivity index (χ1v) is 11.2. The van der Waals surface area contributed by atoms with Crippen molar-refractivity contribution in [3.8, 4) is 30.4 Å². The minimum atomic E-state index is -0.413. The molecule has 0 aliphatic carbocycles. The number of nitrogens with zero attached hydrogens (tertiary/aromatic N) is 1. The molecule has 0 amide bonds. The van der Waals surface area contributed by atoms with Crippen LogP contribution >= 0.6 is 0 Å². The van der Waals surface area contributed by atoms with Crippen molar-refractivity contribution < 1.29 is 19.2 Å². The van der Waals surface area contributed by atoms with Gasteiger partial charge in [0.2, 0.25) is 0 Å². The highest BCUT2D eigenvalue weighted by atomic mass is 16.6. The first-order valence-electron chi connectivity index (χ1n) is 11.2. The van der Waals surface area contributed by atoms with Crippen molar-refractivity contribution in [1.29, 1.82) is 0 Å². The molecule has 176 valence electrons. The van der Waals surface area contributed by atoms with Crippen LogP contribution in [0.1, 0.15) is 49.7 Å². The minimum absolute atomic E-state index is 0.0763. The number of carbonyl (C=O) groups excluding carboxylic acids is 1. The molecule has 0 aromatic heterocycles. The van der Waals surface area contributed by atoms with E-state index in [-0.39, 0.29) is 11.7 Å². The maximum Gasteiger partial charge on any atom is 0.310 e. The highest BCUT2D eigenvalue weighted by molar-refractivity contribution is 5.73. The van der Waals surface area contributed by atoms with Crippen LogP contribution in [0.4, 0.5) is 5.69 Å². The molecule has 2 rings (SSSR count). The number of benzene rings is 2. The smallest absolute Gasteiger partial charge is 0.310 e. The Bertz CT molecular complexity index is 1010. The number of carbonyl (C=O) groups is 1. The quantitative estimate of drug-likeness (QED) is 0.0876. The van der Waals surface area contributed by atoms with Gasteiger partial charge in [-0.05, 0) is 61.1 Å². The maximum absolute atomic E-state index is 11.9. The summed E-state index contributed by atoms with van der Waals surface area (Å²) < 4.78 is 11.0. The zero-order valence-corrected chi connectivity index (χ0v) is 19.2. The van der Waals surface area contributed by atoms with Gasteiger partial charge in [0.25, 0.3) is 5.69 Å². The van der Waals surface area contributed by atoms with Crippen LogP contribution in [0, 0.1) is 40.7 Å². The lowest BCUT2D eigenvalue weighted by Crippen LogP contribution is -2.17. The molecule has 6 nitrogen and oxygen atoms in total. The minimum Gasteiger partial charge on any atom is -0.494 e. The third kappa shape index (κ3) is 9.63. The van der Waals surface area contributed by atoms with Crippen LogP contribution in [0.15, 0.2) is 48.5 Å². The van der Waals surface area contributed by atoms with E-state index in [1.54, 1.807) is 12.1 Å². The van der Waals surface area contributed by atoms with Gasteiger partial charge >= 0.3 is 5.97 Å². The summed E-state index contributed by atoms with van der Waals surface area (Å²) in [5.74, 6) is 5.00. The Balaban J connectivity index is 1.60. The van der Waals surface area contributed by atoms with Crippen molar-refractivity contribution in [2.24, 2.45) is 5.92 Å². The van der Waals surface area contributed by atoms with Crippen molar-refractivity contribution >= 4 is 23.8 Å². The zero-order valence-electron chi connectivity index (χ0n) is 19.2. The number of ether oxygens (including phenoxy) is 2. The second-order valence-electron chi connectivity index (χ2n) is 7.69. The summed E-state index contributed by atoms with van der Waals surface area (Å²) in [5, 5.41) is 10.7. The summed E-state index contributed by atoms with van der Waals surface area (Å²) in [7, 11) is 0. The van der Waals surface area contributed by atoms with Crippen molar-refractivity contribution in [3.05, 3.63) is 69.8 Å². The number of hydrogen-bond acceptors (Lipinski definition) is 5. The van der Waals surface area contributed by atoms with E-state index in [1.165, 1.54) is 12.1 Å². The van der Waals surface area contributed by atoms with Crippen LogP contribution in [0.5, 0.6) is 5.75 Å². The average molecular weight is 460 g/mol. The van der Waals surface area contributed by atoms with Crippen molar-refractivity contribution in [2.45, 2.75) is 38.5 Å². The molecule has 0 unspecified atom stereocenters. The number of rotatable bonds is 14. The first kappa shape index (κ1) is 26.2. The zero-order chi connectivity index (χ0) is 24.6. The van der Waals surface area contributed by atoms with Gasteiger partial charge in [-0.3, -0.25) is 14.9 Å². The number of unbranched alkanes of at least 4 members (excludes halogenated alkanes) is 3. The summed E-state index contributed by atoms with van der Waals surface area (Å²) in [5.41, 5.74) is 1.97. The van der Waals surface area contributed by atoms with Gasteiger partial charge in [-0.2, -0.15) is 0 Å². The van der Waals surface area contributed by atoms with Crippen molar-refractivity contribution in [2.75, 3.05) is 13.2 Å². The lowest BCUT2D eigenvalue weighted by molar-refractivity contribution is -0.384. The fourth-order valence-electron chi connectivity index (χ4n) is 3.14. The summed E-state index contributed by atoms with van der Waals surface area (Å²) in [4.78, 5) is 22.2. The van der Waals surface area contributed by atoms with Gasteiger partial charge in [-0.25, -0.2) is 0 Å². The fourth-order valence-corrected chi connectivity index (χ4v) is 3.14. The fraction of sp³-hybridized carbons (Fsp3) is 0.321. The van der Waals surface area contributed by atoms with E-state index in [1.807, 2.05) is 36.4 Å². The highest BCUT2D eigenvalue weighted by Crippen LogP contribution is 2.17. The number of hydrogen-bond donors (Lipinski definition) is 0. The molecule has 0 aliphatic rings. The largest absolute Gasteiger partial charge is 0.494 e. The molecule has 0 bridgehead atoms. The van der Waals surface area contributed by atoms with E-state index in [4.69, 9.17) is 22.3 Å². The molecular formula is C28H29NO5. The number of esters is 1. The summed E-state index contributed by atoms with van der Waals surface area (Å²) in [6, 6.07) is 14.1. The Hall–Kier alpha value is -4.03. The Morgan fingerprint density at radius 2 is 1.41 bits per heavy atom. The molecule has 0 fully saturated rings. The van der Waals surface area contributed by atoms with E-state index >= 15 is 0 Å². The Kier molecular flexibility index (Phi) is 11.5. The number of non-ortho nitro benzene ring substituents is 1. The Labute approximate surface area is 201 Å². The van der Waals surface area contributed by atoms with Gasteiger partial charge < -0.3 is 9.47 Å². The molecule has 2 aromatic carbocycles. The molecule has 0 spiro atoms. The van der Waals surface area contributed by atoms with Gasteiger partial charge in [-0.1, -0.05) is 24.3 Å². The van der Waals surface area contributed by atoms with Gasteiger partial charge in [0.1, 0.15) is 5.75 Å². The predicted octanol–water partition coefficient (Wildman–Crippen LogP) is 5.91. The molecular weight excluding hydrogens is 430 g/mol. The Morgan fingerprint density at radius 3 is 1.94 bits per heavy atom. The molecule has 0 saturated carbocycles. The van der Waals surface area contributed by atoms with Gasteiger partial charge in [-0.15, -0.1) is 24.7 Å². The summed E-state index contributed by atoms with van der Waals surface area (Å²) in [6.45, 7) is 0.990. The normalized spacial score (nSPS) is 10.6. The van der Waals surface area contributed by atoms with E-state index in [2.05, 4.69) is 11.8 Å². The molecule has 0 aliphatic heterocycles. The molecule has 2 aromatic rings. The molecule has 0 saturated heterocycles. The van der Waals surface area contributed by atoms with Gasteiger partial charge in [0.15, 0.2) is 0 Å². The standard InChI is InChI=1S/C28H29NO5/c1-3-9-25(10-4-2)28(30)34-22-8-6-5-7-21-33-27-19-15-24(16-20-27)12-11-23-13-17-26(18-14-23)29(31)32/h1-2,11-20,25H,5-10,21-22H2/b12-11+. The van der Waals surface area contributed by atoms with E-state index in [0.717, 1.165) is 42.6 Å². The molecule has 0 radical (unpaired) electrons. The monoisotopic (exact) mass is 459 g/mol. The second-order valence-corrected chi connectivity index (χ2v) is 7.69. The van der Waals surface area contributed by atoms with E-state index in [0.29, 0.717) is 26.1 Å². The number of terminal acetylenes is 2. The van der Waals surface area contributed by atoms with Crippen LogP contribution < -0.4 is 4.74 Å². The molecule has 34 heavy (non-hydrogen) atoms. The maximum atomic E-state index is 11.9. The average Bonchev–Trinajstić information content (AvgIpc) is 2.85. The molecule has 6 heteroatoms. The van der Waals surface area contributed by atoms with Crippen LogP contribution in [0.3, 0.4) is 0 Å². The lowest BCUT2D eigenvalue weighted by Gasteiger charge is -2.11. The first-order chi connectivity index (χ1) is 16.5. The van der Waals surface area contributed by atoms with Crippen LogP contribution in [-0.2, 0) is 9.53 Å². The summed E-state index contributed by atoms with van der Waals surface area (Å²) >= 11 is 0. The molecule has 0 heterocycles. The van der Waals surface area contributed by atoms with Crippen molar-refractivity contribution in [1.82, 2.24) is 0 Å². The van der Waals surface area contributed by atoms with Crippen LogP contribution in [0.25, 0.3) is 12.2 Å². The Morgan fingerprint density at radius 1 is 0.882 bits per heavy atom. The predicted molar refractivity (Wildman–Crippen MR) is 134 cm³/mol.